The number of carbonyl (C=O) groups is 2. The molecule has 3 aromatic rings. The first-order chi connectivity index (χ1) is 16.4. The molecule has 0 radical (unpaired) electrons. The van der Waals surface area contributed by atoms with Gasteiger partial charge in [0.05, 0.1) is 30.8 Å². The zero-order valence-electron chi connectivity index (χ0n) is 18.7. The van der Waals surface area contributed by atoms with Crippen molar-refractivity contribution in [2.24, 2.45) is 0 Å². The summed E-state index contributed by atoms with van der Waals surface area (Å²) in [7, 11) is 1.58. The van der Waals surface area contributed by atoms with Crippen molar-refractivity contribution >= 4 is 35.0 Å². The van der Waals surface area contributed by atoms with Gasteiger partial charge >= 0.3 is 0 Å². The number of para-hydroxylation sites is 2. The molecule has 2 N–H and O–H groups in total. The largest absolute Gasteiger partial charge is 0.497 e. The smallest absolute Gasteiger partial charge is 0.292 e. The number of anilines is 1. The molecule has 0 aliphatic carbocycles. The molecule has 178 valence electrons. The van der Waals surface area contributed by atoms with Gasteiger partial charge in [-0.05, 0) is 30.7 Å². The maximum atomic E-state index is 12.3. The highest BCUT2D eigenvalue weighted by Crippen LogP contribution is 2.24. The van der Waals surface area contributed by atoms with Crippen molar-refractivity contribution in [3.63, 3.8) is 0 Å². The Morgan fingerprint density at radius 2 is 1.85 bits per heavy atom. The van der Waals surface area contributed by atoms with Gasteiger partial charge in [-0.25, -0.2) is 0 Å². The van der Waals surface area contributed by atoms with E-state index in [1.807, 2.05) is 19.1 Å². The minimum atomic E-state index is -0.550. The molecule has 0 unspecified atom stereocenters. The molecule has 11 nitrogen and oxygen atoms in total. The van der Waals surface area contributed by atoms with Crippen molar-refractivity contribution < 1.29 is 19.2 Å². The monoisotopic (exact) mass is 484 g/mol. The first kappa shape index (κ1) is 24.7. The van der Waals surface area contributed by atoms with Gasteiger partial charge in [0.15, 0.2) is 11.0 Å². The van der Waals surface area contributed by atoms with Crippen molar-refractivity contribution in [2.45, 2.75) is 31.6 Å². The summed E-state index contributed by atoms with van der Waals surface area (Å²) >= 11 is 1.16. The summed E-state index contributed by atoms with van der Waals surface area (Å²) in [5.41, 5.74) is 0.816. The third-order valence-corrected chi connectivity index (χ3v) is 5.75. The van der Waals surface area contributed by atoms with Crippen LogP contribution in [0.1, 0.15) is 18.3 Å². The highest BCUT2D eigenvalue weighted by molar-refractivity contribution is 7.99. The van der Waals surface area contributed by atoms with E-state index in [0.717, 1.165) is 23.1 Å². The first-order valence-corrected chi connectivity index (χ1v) is 11.4. The van der Waals surface area contributed by atoms with E-state index in [0.29, 0.717) is 17.5 Å². The molecule has 0 aliphatic heterocycles. The molecule has 0 saturated carbocycles. The second kappa shape index (κ2) is 11.8. The number of aromatic nitrogens is 3. The van der Waals surface area contributed by atoms with Crippen LogP contribution in [0, 0.1) is 10.1 Å². The number of hydrogen-bond donors (Lipinski definition) is 2. The SMILES string of the molecule is CCn1c(CNC(=O)Cc2ccc(OC)cc2)nnc1SCC(=O)Nc1ccccc1[N+](=O)[O-]. The Hall–Kier alpha value is -3.93. The molecule has 0 aliphatic rings. The number of rotatable bonds is 11. The van der Waals surface area contributed by atoms with Crippen LogP contribution in [0.3, 0.4) is 0 Å². The Balaban J connectivity index is 1.54. The maximum Gasteiger partial charge on any atom is 0.292 e. The molecule has 34 heavy (non-hydrogen) atoms. The Morgan fingerprint density at radius 3 is 2.53 bits per heavy atom. The van der Waals surface area contributed by atoms with Gasteiger partial charge in [0.2, 0.25) is 11.8 Å². The molecule has 3 rings (SSSR count). The number of nitrogens with one attached hydrogen (secondary N) is 2. The van der Waals surface area contributed by atoms with Gasteiger partial charge in [-0.15, -0.1) is 10.2 Å². The zero-order chi connectivity index (χ0) is 24.5. The number of carbonyl (C=O) groups excluding carboxylic acids is 2. The van der Waals surface area contributed by atoms with E-state index in [-0.39, 0.29) is 36.0 Å². The molecule has 1 aromatic heterocycles. The van der Waals surface area contributed by atoms with Crippen LogP contribution in [0.2, 0.25) is 0 Å². The number of amides is 2. The molecular weight excluding hydrogens is 460 g/mol. The maximum absolute atomic E-state index is 12.3. The Morgan fingerprint density at radius 1 is 1.12 bits per heavy atom. The van der Waals surface area contributed by atoms with Crippen molar-refractivity contribution in [1.82, 2.24) is 20.1 Å². The highest BCUT2D eigenvalue weighted by Gasteiger charge is 2.17. The van der Waals surface area contributed by atoms with Crippen molar-refractivity contribution in [1.29, 1.82) is 0 Å². The summed E-state index contributed by atoms with van der Waals surface area (Å²) in [4.78, 5) is 35.2. The van der Waals surface area contributed by atoms with Crippen LogP contribution in [-0.2, 0) is 29.1 Å². The van der Waals surface area contributed by atoms with Crippen LogP contribution in [0.4, 0.5) is 11.4 Å². The van der Waals surface area contributed by atoms with Crippen LogP contribution in [0.25, 0.3) is 0 Å². The van der Waals surface area contributed by atoms with Crippen LogP contribution in [0.15, 0.2) is 53.7 Å². The molecule has 0 spiro atoms. The van der Waals surface area contributed by atoms with Gasteiger partial charge in [0.25, 0.3) is 5.69 Å². The van der Waals surface area contributed by atoms with Crippen molar-refractivity contribution in [3.8, 4) is 5.75 Å². The summed E-state index contributed by atoms with van der Waals surface area (Å²) in [5.74, 6) is 0.717. The lowest BCUT2D eigenvalue weighted by Gasteiger charge is -2.09. The van der Waals surface area contributed by atoms with Crippen molar-refractivity contribution in [3.05, 3.63) is 70.0 Å². The third-order valence-electron chi connectivity index (χ3n) is 4.78. The molecule has 0 atom stereocenters. The van der Waals surface area contributed by atoms with Crippen LogP contribution in [0.5, 0.6) is 5.75 Å². The van der Waals surface area contributed by atoms with E-state index in [1.165, 1.54) is 18.2 Å². The third kappa shape index (κ3) is 6.54. The minimum absolute atomic E-state index is 0.00594. The molecular formula is C22H24N6O5S. The molecule has 0 fully saturated rings. The van der Waals surface area contributed by atoms with Gasteiger partial charge in [0, 0.05) is 12.6 Å². The van der Waals surface area contributed by atoms with Crippen LogP contribution < -0.4 is 15.4 Å². The predicted molar refractivity (Wildman–Crippen MR) is 127 cm³/mol. The standard InChI is InChI=1S/C22H24N6O5S/c1-3-27-19(13-23-20(29)12-15-8-10-16(33-2)11-9-15)25-26-22(27)34-14-21(30)24-17-6-4-5-7-18(17)28(31)32/h4-11H,3,12-14H2,1-2H3,(H,23,29)(H,24,30). The van der Waals surface area contributed by atoms with Gasteiger partial charge in [-0.3, -0.25) is 19.7 Å². The predicted octanol–water partition coefficient (Wildman–Crippen LogP) is 2.80. The second-order valence-electron chi connectivity index (χ2n) is 7.06. The lowest BCUT2D eigenvalue weighted by molar-refractivity contribution is -0.383. The van der Waals surface area contributed by atoms with Crippen LogP contribution in [-0.4, -0.2) is 44.4 Å². The summed E-state index contributed by atoms with van der Waals surface area (Å²) in [5, 5.41) is 25.2. The lowest BCUT2D eigenvalue weighted by atomic mass is 10.1. The molecule has 0 bridgehead atoms. The van der Waals surface area contributed by atoms with E-state index in [9.17, 15) is 19.7 Å². The second-order valence-corrected chi connectivity index (χ2v) is 8.00. The minimum Gasteiger partial charge on any atom is -0.497 e. The van der Waals surface area contributed by atoms with E-state index in [1.54, 1.807) is 29.9 Å². The average Bonchev–Trinajstić information content (AvgIpc) is 3.24. The van der Waals surface area contributed by atoms with Gasteiger partial charge in [-0.2, -0.15) is 0 Å². The summed E-state index contributed by atoms with van der Waals surface area (Å²) in [6.07, 6.45) is 0.220. The lowest BCUT2D eigenvalue weighted by Crippen LogP contribution is -2.26. The zero-order valence-corrected chi connectivity index (χ0v) is 19.5. The molecule has 2 aromatic carbocycles. The Kier molecular flexibility index (Phi) is 8.57. The van der Waals surface area contributed by atoms with Crippen LogP contribution >= 0.6 is 11.8 Å². The van der Waals surface area contributed by atoms with E-state index < -0.39 is 10.8 Å². The van der Waals surface area contributed by atoms with E-state index in [4.69, 9.17) is 4.74 Å². The molecule has 12 heteroatoms. The quantitative estimate of drug-likeness (QED) is 0.240. The first-order valence-electron chi connectivity index (χ1n) is 10.4. The topological polar surface area (TPSA) is 141 Å². The highest BCUT2D eigenvalue weighted by atomic mass is 32.2. The summed E-state index contributed by atoms with van der Waals surface area (Å²) in [6, 6.07) is 13.2. The molecule has 0 saturated heterocycles. The fourth-order valence-electron chi connectivity index (χ4n) is 3.10. The Bertz CT molecular complexity index is 1160. The number of methoxy groups -OCH3 is 1. The normalized spacial score (nSPS) is 10.5. The number of nitrogens with zero attached hydrogens (tertiary/aromatic N) is 4. The summed E-state index contributed by atoms with van der Waals surface area (Å²) < 4.78 is 6.92. The molecule has 1 heterocycles. The number of hydrogen-bond acceptors (Lipinski definition) is 8. The average molecular weight is 485 g/mol. The van der Waals surface area contributed by atoms with Gasteiger partial charge in [-0.1, -0.05) is 36.0 Å². The fraction of sp³-hybridized carbons (Fsp3) is 0.273. The number of nitro groups is 1. The number of benzene rings is 2. The van der Waals surface area contributed by atoms with E-state index in [2.05, 4.69) is 20.8 Å². The summed E-state index contributed by atoms with van der Waals surface area (Å²) in [6.45, 7) is 2.65. The van der Waals surface area contributed by atoms with Gasteiger partial charge < -0.3 is 19.9 Å². The van der Waals surface area contributed by atoms with Crippen molar-refractivity contribution in [2.75, 3.05) is 18.2 Å². The van der Waals surface area contributed by atoms with Gasteiger partial charge in [0.1, 0.15) is 11.4 Å². The number of nitro benzene ring substituents is 1. The van der Waals surface area contributed by atoms with E-state index >= 15 is 0 Å². The molecule has 2 amide bonds. The fourth-order valence-corrected chi connectivity index (χ4v) is 3.92. The number of thioether (sulfide) groups is 1. The number of ether oxygens (including phenoxy) is 1. The Labute approximate surface area is 200 Å².